The molecule has 2 aliphatic heterocycles. The minimum atomic E-state index is 0.161. The molecule has 1 atom stereocenters. The van der Waals surface area contributed by atoms with E-state index in [4.69, 9.17) is 15.8 Å². The van der Waals surface area contributed by atoms with Crippen molar-refractivity contribution >= 4 is 27.9 Å². The highest BCUT2D eigenvalue weighted by atomic mass is 15.3. The van der Waals surface area contributed by atoms with Gasteiger partial charge in [0.15, 0.2) is 0 Å². The van der Waals surface area contributed by atoms with E-state index in [1.807, 2.05) is 6.20 Å². The zero-order valence-electron chi connectivity index (χ0n) is 20.1. The van der Waals surface area contributed by atoms with E-state index in [-0.39, 0.29) is 5.54 Å². The number of anilines is 1. The Hall–Kier alpha value is -2.12. The Balaban J connectivity index is 1.47. The highest BCUT2D eigenvalue weighted by Gasteiger charge is 2.29. The number of piperidine rings is 1. The van der Waals surface area contributed by atoms with E-state index in [0.29, 0.717) is 12.0 Å². The number of rotatable bonds is 4. The monoisotopic (exact) mass is 437 g/mol. The zero-order chi connectivity index (χ0) is 22.3. The van der Waals surface area contributed by atoms with Crippen LogP contribution in [0.25, 0.3) is 21.9 Å². The van der Waals surface area contributed by atoms with Gasteiger partial charge in [-0.1, -0.05) is 12.8 Å². The van der Waals surface area contributed by atoms with E-state index in [1.165, 1.54) is 50.7 Å². The summed E-state index contributed by atoms with van der Waals surface area (Å²) in [5.74, 6) is 0.640. The number of imidazole rings is 1. The van der Waals surface area contributed by atoms with Crippen LogP contribution in [0.5, 0.6) is 0 Å². The molecule has 2 aromatic heterocycles. The Kier molecular flexibility index (Phi) is 5.88. The van der Waals surface area contributed by atoms with Crippen molar-refractivity contribution in [2.45, 2.75) is 77.4 Å². The number of hydrogen-bond acceptors (Lipinski definition) is 5. The molecule has 174 valence electrons. The average Bonchev–Trinajstić information content (AvgIpc) is 3.18. The van der Waals surface area contributed by atoms with Crippen LogP contribution in [-0.2, 0) is 6.54 Å². The molecular weight excluding hydrogens is 398 g/mol. The van der Waals surface area contributed by atoms with Crippen molar-refractivity contribution in [3.8, 4) is 0 Å². The largest absolute Gasteiger partial charge is 0.369 e. The number of fused-ring (bicyclic) bond motifs is 2. The van der Waals surface area contributed by atoms with E-state index in [9.17, 15) is 0 Å². The maximum absolute atomic E-state index is 6.52. The van der Waals surface area contributed by atoms with Gasteiger partial charge in [0.05, 0.1) is 29.3 Å². The van der Waals surface area contributed by atoms with Crippen molar-refractivity contribution in [1.29, 1.82) is 0 Å². The van der Waals surface area contributed by atoms with E-state index in [1.54, 1.807) is 0 Å². The fourth-order valence-electron chi connectivity index (χ4n) is 5.61. The highest BCUT2D eigenvalue weighted by molar-refractivity contribution is 5.94. The third-order valence-electron chi connectivity index (χ3n) is 7.52. The molecule has 32 heavy (non-hydrogen) atoms. The van der Waals surface area contributed by atoms with Gasteiger partial charge in [-0.15, -0.1) is 0 Å². The molecule has 0 bridgehead atoms. The molecule has 0 saturated carbocycles. The predicted molar refractivity (Wildman–Crippen MR) is 132 cm³/mol. The molecule has 7 nitrogen and oxygen atoms in total. The van der Waals surface area contributed by atoms with E-state index in [0.717, 1.165) is 49.0 Å². The van der Waals surface area contributed by atoms with Crippen molar-refractivity contribution in [1.82, 2.24) is 29.1 Å². The number of nitrogen functional groups attached to an aromatic ring is 1. The lowest BCUT2D eigenvalue weighted by molar-refractivity contribution is 0.126. The number of likely N-dealkylation sites (tertiary alicyclic amines) is 2. The van der Waals surface area contributed by atoms with Gasteiger partial charge in [0.1, 0.15) is 0 Å². The van der Waals surface area contributed by atoms with Gasteiger partial charge in [-0.05, 0) is 78.2 Å². The standard InChI is InChI=1S/C25H39N7/c1-25(2,3)30-12-8-5-9-20(18-30)32-23-16-22-19(15-21(23)28-24(32)26)17-27-31(22)14-13-29-10-6-4-7-11-29/h15-17,20H,4-14,18H2,1-3H3,(H2,26,28)/t20-/m1/s1. The van der Waals surface area contributed by atoms with Gasteiger partial charge in [-0.25, -0.2) is 4.98 Å². The van der Waals surface area contributed by atoms with Gasteiger partial charge in [0.25, 0.3) is 0 Å². The number of aromatic nitrogens is 4. The van der Waals surface area contributed by atoms with Crippen LogP contribution in [0.15, 0.2) is 18.3 Å². The number of nitrogens with zero attached hydrogens (tertiary/aromatic N) is 6. The maximum Gasteiger partial charge on any atom is 0.201 e. The Morgan fingerprint density at radius 1 is 0.969 bits per heavy atom. The second-order valence-corrected chi connectivity index (χ2v) is 10.8. The summed E-state index contributed by atoms with van der Waals surface area (Å²) in [6.07, 6.45) is 9.62. The lowest BCUT2D eigenvalue weighted by Gasteiger charge is -2.37. The number of benzene rings is 1. The van der Waals surface area contributed by atoms with Crippen molar-refractivity contribution in [3.63, 3.8) is 0 Å². The highest BCUT2D eigenvalue weighted by Crippen LogP contribution is 2.33. The normalized spacial score (nSPS) is 22.0. The first kappa shape index (κ1) is 21.7. The predicted octanol–water partition coefficient (Wildman–Crippen LogP) is 4.28. The van der Waals surface area contributed by atoms with Crippen molar-refractivity contribution in [2.24, 2.45) is 0 Å². The van der Waals surface area contributed by atoms with E-state index >= 15 is 0 Å². The van der Waals surface area contributed by atoms with E-state index < -0.39 is 0 Å². The van der Waals surface area contributed by atoms with Crippen molar-refractivity contribution < 1.29 is 0 Å². The lowest BCUT2D eigenvalue weighted by Crippen LogP contribution is -2.44. The van der Waals surface area contributed by atoms with Crippen molar-refractivity contribution in [2.75, 3.05) is 38.5 Å². The molecule has 5 rings (SSSR count). The van der Waals surface area contributed by atoms with Gasteiger partial charge in [-0.2, -0.15) is 5.10 Å². The molecule has 3 aromatic rings. The zero-order valence-corrected chi connectivity index (χ0v) is 20.1. The van der Waals surface area contributed by atoms with Gasteiger partial charge in [0.2, 0.25) is 5.95 Å². The fraction of sp³-hybridized carbons (Fsp3) is 0.680. The molecule has 0 unspecified atom stereocenters. The Bertz CT molecular complexity index is 1070. The maximum atomic E-state index is 6.52. The van der Waals surface area contributed by atoms with Gasteiger partial charge < -0.3 is 15.2 Å². The first-order valence-electron chi connectivity index (χ1n) is 12.5. The molecule has 1 aromatic carbocycles. The number of nitrogens with two attached hydrogens (primary N) is 1. The summed E-state index contributed by atoms with van der Waals surface area (Å²) < 4.78 is 4.48. The van der Waals surface area contributed by atoms with Crippen LogP contribution in [-0.4, -0.2) is 67.4 Å². The topological polar surface area (TPSA) is 68.1 Å². The molecule has 0 aliphatic carbocycles. The van der Waals surface area contributed by atoms with Gasteiger partial charge >= 0.3 is 0 Å². The first-order valence-corrected chi connectivity index (χ1v) is 12.5. The van der Waals surface area contributed by atoms with Crippen LogP contribution in [0.3, 0.4) is 0 Å². The summed E-state index contributed by atoms with van der Waals surface area (Å²) in [5, 5.41) is 5.87. The van der Waals surface area contributed by atoms with E-state index in [2.05, 4.69) is 52.0 Å². The molecule has 0 spiro atoms. The average molecular weight is 438 g/mol. The number of hydrogen-bond donors (Lipinski definition) is 1. The molecule has 2 N–H and O–H groups in total. The molecule has 7 heteroatoms. The summed E-state index contributed by atoms with van der Waals surface area (Å²) in [4.78, 5) is 9.94. The second-order valence-electron chi connectivity index (χ2n) is 10.8. The van der Waals surface area contributed by atoms with Crippen LogP contribution in [0.4, 0.5) is 5.95 Å². The Labute approximate surface area is 191 Å². The second kappa shape index (κ2) is 8.67. The van der Waals surface area contributed by atoms with Crippen LogP contribution < -0.4 is 5.73 Å². The summed E-state index contributed by atoms with van der Waals surface area (Å²) in [6, 6.07) is 4.80. The van der Waals surface area contributed by atoms with Crippen LogP contribution in [0, 0.1) is 0 Å². The third-order valence-corrected chi connectivity index (χ3v) is 7.52. The third kappa shape index (κ3) is 4.25. The van der Waals surface area contributed by atoms with Crippen LogP contribution in [0.1, 0.15) is 65.3 Å². The molecule has 0 amide bonds. The minimum absolute atomic E-state index is 0.161. The lowest BCUT2D eigenvalue weighted by atomic mass is 10.0. The SMILES string of the molecule is CC(C)(C)N1CCCC[C@@H](n2c(N)nc3cc4cnn(CCN5CCCCC5)c4cc32)C1. The fourth-order valence-corrected chi connectivity index (χ4v) is 5.61. The Morgan fingerprint density at radius 2 is 1.75 bits per heavy atom. The van der Waals surface area contributed by atoms with Gasteiger partial charge in [0, 0.05) is 30.1 Å². The minimum Gasteiger partial charge on any atom is -0.369 e. The Morgan fingerprint density at radius 3 is 2.53 bits per heavy atom. The van der Waals surface area contributed by atoms with Crippen LogP contribution >= 0.6 is 0 Å². The molecule has 4 heterocycles. The molecular formula is C25H39N7. The summed E-state index contributed by atoms with van der Waals surface area (Å²) in [7, 11) is 0. The van der Waals surface area contributed by atoms with Gasteiger partial charge in [-0.3, -0.25) is 9.58 Å². The molecule has 2 fully saturated rings. The van der Waals surface area contributed by atoms with Crippen LogP contribution in [0.2, 0.25) is 0 Å². The molecule has 2 aliphatic rings. The first-order chi connectivity index (χ1) is 15.4. The summed E-state index contributed by atoms with van der Waals surface area (Å²) in [5.41, 5.74) is 10.0. The quantitative estimate of drug-likeness (QED) is 0.660. The molecule has 2 saturated heterocycles. The smallest absolute Gasteiger partial charge is 0.201 e. The van der Waals surface area contributed by atoms with Crippen molar-refractivity contribution in [3.05, 3.63) is 18.3 Å². The molecule has 0 radical (unpaired) electrons. The summed E-state index contributed by atoms with van der Waals surface area (Å²) in [6.45, 7) is 13.6. The summed E-state index contributed by atoms with van der Waals surface area (Å²) >= 11 is 0.